The Bertz CT molecular complexity index is 561. The number of likely N-dealkylation sites (N-methyl/N-ethyl adjacent to an activating group) is 1. The van der Waals surface area contributed by atoms with Crippen LogP contribution < -0.4 is 0 Å². The molecule has 2 heterocycles. The van der Waals surface area contributed by atoms with E-state index in [9.17, 15) is 9.59 Å². The van der Waals surface area contributed by atoms with E-state index in [4.69, 9.17) is 0 Å². The first-order valence-electron chi connectivity index (χ1n) is 7.19. The van der Waals surface area contributed by atoms with Crippen molar-refractivity contribution in [2.24, 2.45) is 0 Å². The van der Waals surface area contributed by atoms with Crippen LogP contribution in [0.1, 0.15) is 12.5 Å². The van der Waals surface area contributed by atoms with E-state index >= 15 is 0 Å². The standard InChI is InChI=1S/C15H18BrN3O2/c1-2-18-14(20)13-10-17(7-8-19(13)15(18)21)9-11-3-5-12(16)6-4-11/h3-6,13H,2,7-10H2,1H3/t13-/m1/s1. The first kappa shape index (κ1) is 14.5. The Morgan fingerprint density at radius 3 is 2.57 bits per heavy atom. The monoisotopic (exact) mass is 351 g/mol. The summed E-state index contributed by atoms with van der Waals surface area (Å²) in [6.07, 6.45) is 0. The zero-order valence-electron chi connectivity index (χ0n) is 12.0. The van der Waals surface area contributed by atoms with Crippen molar-refractivity contribution in [3.05, 3.63) is 34.3 Å². The number of urea groups is 1. The second-order valence-corrected chi connectivity index (χ2v) is 6.35. The van der Waals surface area contributed by atoms with Gasteiger partial charge in [-0.3, -0.25) is 14.6 Å². The highest BCUT2D eigenvalue weighted by atomic mass is 79.9. The van der Waals surface area contributed by atoms with Gasteiger partial charge in [0.05, 0.1) is 0 Å². The Kier molecular flexibility index (Phi) is 3.99. The SMILES string of the molecule is CCN1C(=O)[C@H]2CN(Cc3ccc(Br)cc3)CCN2C1=O. The van der Waals surface area contributed by atoms with Crippen molar-refractivity contribution in [1.29, 1.82) is 0 Å². The molecule has 2 fully saturated rings. The van der Waals surface area contributed by atoms with E-state index in [-0.39, 0.29) is 18.0 Å². The van der Waals surface area contributed by atoms with Gasteiger partial charge in [-0.25, -0.2) is 4.79 Å². The second kappa shape index (κ2) is 5.77. The summed E-state index contributed by atoms with van der Waals surface area (Å²) in [7, 11) is 0. The number of imide groups is 1. The summed E-state index contributed by atoms with van der Waals surface area (Å²) in [5, 5.41) is 0. The summed E-state index contributed by atoms with van der Waals surface area (Å²) in [5.74, 6) is -0.0528. The third-order valence-corrected chi connectivity index (χ3v) is 4.66. The normalized spacial score (nSPS) is 22.9. The van der Waals surface area contributed by atoms with Crippen molar-refractivity contribution in [1.82, 2.24) is 14.7 Å². The molecule has 21 heavy (non-hydrogen) atoms. The first-order chi connectivity index (χ1) is 10.1. The van der Waals surface area contributed by atoms with Gasteiger partial charge in [0.2, 0.25) is 0 Å². The molecule has 1 aromatic carbocycles. The maximum absolute atomic E-state index is 12.3. The number of piperazine rings is 1. The maximum atomic E-state index is 12.3. The van der Waals surface area contributed by atoms with Gasteiger partial charge in [-0.15, -0.1) is 0 Å². The van der Waals surface area contributed by atoms with Gasteiger partial charge >= 0.3 is 6.03 Å². The third-order valence-electron chi connectivity index (χ3n) is 4.13. The number of nitrogens with zero attached hydrogens (tertiary/aromatic N) is 3. The molecule has 0 spiro atoms. The van der Waals surface area contributed by atoms with Gasteiger partial charge in [-0.1, -0.05) is 28.1 Å². The van der Waals surface area contributed by atoms with E-state index in [1.165, 1.54) is 10.5 Å². The lowest BCUT2D eigenvalue weighted by Gasteiger charge is -2.35. The molecule has 0 unspecified atom stereocenters. The summed E-state index contributed by atoms with van der Waals surface area (Å²) in [6.45, 7) is 5.17. The topological polar surface area (TPSA) is 43.9 Å². The molecule has 0 radical (unpaired) electrons. The van der Waals surface area contributed by atoms with Crippen LogP contribution in [0.2, 0.25) is 0 Å². The smallest absolute Gasteiger partial charge is 0.310 e. The molecule has 112 valence electrons. The number of fused-ring (bicyclic) bond motifs is 1. The van der Waals surface area contributed by atoms with Crippen LogP contribution in [0.25, 0.3) is 0 Å². The molecule has 5 nitrogen and oxygen atoms in total. The van der Waals surface area contributed by atoms with Crippen molar-refractivity contribution in [3.63, 3.8) is 0 Å². The van der Waals surface area contributed by atoms with Crippen LogP contribution in [0.5, 0.6) is 0 Å². The highest BCUT2D eigenvalue weighted by Gasteiger charge is 2.46. The maximum Gasteiger partial charge on any atom is 0.327 e. The van der Waals surface area contributed by atoms with Crippen LogP contribution in [-0.2, 0) is 11.3 Å². The van der Waals surface area contributed by atoms with E-state index in [2.05, 4.69) is 33.0 Å². The largest absolute Gasteiger partial charge is 0.327 e. The van der Waals surface area contributed by atoms with Gasteiger partial charge in [0.1, 0.15) is 6.04 Å². The minimum atomic E-state index is -0.304. The summed E-state index contributed by atoms with van der Waals surface area (Å²) >= 11 is 3.43. The van der Waals surface area contributed by atoms with E-state index in [0.717, 1.165) is 17.6 Å². The van der Waals surface area contributed by atoms with E-state index in [1.807, 2.05) is 19.1 Å². The van der Waals surface area contributed by atoms with Crippen LogP contribution in [0.4, 0.5) is 4.79 Å². The molecule has 2 aliphatic heterocycles. The highest BCUT2D eigenvalue weighted by molar-refractivity contribution is 9.10. The first-order valence-corrected chi connectivity index (χ1v) is 7.98. The van der Waals surface area contributed by atoms with Crippen molar-refractivity contribution in [2.75, 3.05) is 26.2 Å². The Morgan fingerprint density at radius 1 is 1.19 bits per heavy atom. The summed E-state index contributed by atoms with van der Waals surface area (Å²) in [5.41, 5.74) is 1.22. The van der Waals surface area contributed by atoms with Crippen LogP contribution in [0.3, 0.4) is 0 Å². The van der Waals surface area contributed by atoms with Crippen molar-refractivity contribution in [2.45, 2.75) is 19.5 Å². The minimum absolute atomic E-state index is 0.0528. The molecule has 0 N–H and O–H groups in total. The fraction of sp³-hybridized carbons (Fsp3) is 0.467. The van der Waals surface area contributed by atoms with Crippen molar-refractivity contribution >= 4 is 27.9 Å². The number of carbonyl (C=O) groups is 2. The molecule has 1 aromatic rings. The Morgan fingerprint density at radius 2 is 1.90 bits per heavy atom. The average Bonchev–Trinajstić information content (AvgIpc) is 2.73. The third kappa shape index (κ3) is 2.70. The number of carbonyl (C=O) groups excluding carboxylic acids is 2. The van der Waals surface area contributed by atoms with E-state index in [1.54, 1.807) is 4.90 Å². The number of amides is 3. The van der Waals surface area contributed by atoms with Gasteiger partial charge in [0.15, 0.2) is 0 Å². The van der Waals surface area contributed by atoms with Crippen LogP contribution in [-0.4, -0.2) is 58.9 Å². The predicted octanol–water partition coefficient (Wildman–Crippen LogP) is 1.92. The molecule has 0 aromatic heterocycles. The molecule has 6 heteroatoms. The van der Waals surface area contributed by atoms with Crippen molar-refractivity contribution < 1.29 is 9.59 Å². The minimum Gasteiger partial charge on any atom is -0.310 e. The summed E-state index contributed by atoms with van der Waals surface area (Å²) in [6, 6.07) is 7.77. The summed E-state index contributed by atoms with van der Waals surface area (Å²) in [4.78, 5) is 29.7. The zero-order chi connectivity index (χ0) is 15.0. The van der Waals surface area contributed by atoms with Crippen LogP contribution >= 0.6 is 15.9 Å². The molecule has 3 rings (SSSR count). The molecule has 2 saturated heterocycles. The number of halogens is 1. The summed E-state index contributed by atoms with van der Waals surface area (Å²) < 4.78 is 1.06. The number of benzene rings is 1. The van der Waals surface area contributed by atoms with Gasteiger partial charge < -0.3 is 4.90 Å². The predicted molar refractivity (Wildman–Crippen MR) is 82.7 cm³/mol. The lowest BCUT2D eigenvalue weighted by Crippen LogP contribution is -2.52. The van der Waals surface area contributed by atoms with Gasteiger partial charge in [-0.05, 0) is 24.6 Å². The van der Waals surface area contributed by atoms with Gasteiger partial charge in [0, 0.05) is 37.2 Å². The molecule has 3 amide bonds. The fourth-order valence-electron chi connectivity index (χ4n) is 2.99. The van der Waals surface area contributed by atoms with Gasteiger partial charge in [-0.2, -0.15) is 0 Å². The van der Waals surface area contributed by atoms with Crippen LogP contribution in [0, 0.1) is 0 Å². The van der Waals surface area contributed by atoms with E-state index < -0.39 is 0 Å². The average molecular weight is 352 g/mol. The molecule has 1 atom stereocenters. The van der Waals surface area contributed by atoms with E-state index in [0.29, 0.717) is 19.6 Å². The zero-order valence-corrected chi connectivity index (χ0v) is 13.5. The molecular weight excluding hydrogens is 334 g/mol. The number of rotatable bonds is 3. The quantitative estimate of drug-likeness (QED) is 0.781. The lowest BCUT2D eigenvalue weighted by atomic mass is 10.1. The van der Waals surface area contributed by atoms with Crippen molar-refractivity contribution in [3.8, 4) is 0 Å². The van der Waals surface area contributed by atoms with Gasteiger partial charge in [0.25, 0.3) is 5.91 Å². The Balaban J connectivity index is 1.68. The Labute approximate surface area is 132 Å². The molecule has 2 aliphatic rings. The molecule has 0 aliphatic carbocycles. The number of hydrogen-bond acceptors (Lipinski definition) is 3. The molecular formula is C15H18BrN3O2. The molecule has 0 bridgehead atoms. The second-order valence-electron chi connectivity index (χ2n) is 5.44. The highest BCUT2D eigenvalue weighted by Crippen LogP contribution is 2.23. The fourth-order valence-corrected chi connectivity index (χ4v) is 3.26. The molecule has 0 saturated carbocycles. The Hall–Kier alpha value is -1.40. The number of hydrogen-bond donors (Lipinski definition) is 0. The van der Waals surface area contributed by atoms with Crippen LogP contribution in [0.15, 0.2) is 28.7 Å². The lowest BCUT2D eigenvalue weighted by molar-refractivity contribution is -0.129.